The van der Waals surface area contributed by atoms with Crippen molar-refractivity contribution in [3.05, 3.63) is 71.7 Å². The fraction of sp³-hybridized carbons (Fsp3) is 0.304. The summed E-state index contributed by atoms with van der Waals surface area (Å²) in [5, 5.41) is 10.4. The number of hydrogen-bond donors (Lipinski definition) is 0. The van der Waals surface area contributed by atoms with Gasteiger partial charge in [-0.3, -0.25) is 14.8 Å². The van der Waals surface area contributed by atoms with E-state index < -0.39 is 0 Å². The fourth-order valence-corrected chi connectivity index (χ4v) is 4.04. The van der Waals surface area contributed by atoms with E-state index in [1.54, 1.807) is 18.5 Å². The van der Waals surface area contributed by atoms with Crippen LogP contribution in [0.3, 0.4) is 0 Å². The second kappa shape index (κ2) is 7.77. The number of hydrogen-bond acceptors (Lipinski definition) is 4. The quantitative estimate of drug-likeness (QED) is 0.705. The lowest BCUT2D eigenvalue weighted by Crippen LogP contribution is -2.43. The van der Waals surface area contributed by atoms with Gasteiger partial charge in [0.05, 0.1) is 17.5 Å². The van der Waals surface area contributed by atoms with Crippen LogP contribution in [0.4, 0.5) is 0 Å². The van der Waals surface area contributed by atoms with Crippen LogP contribution in [0.25, 0.3) is 10.9 Å². The molecule has 0 unspecified atom stereocenters. The first kappa shape index (κ1) is 18.1. The summed E-state index contributed by atoms with van der Waals surface area (Å²) in [5.41, 5.74) is 3.23. The molecular formula is C23H22N4O. The van der Waals surface area contributed by atoms with Gasteiger partial charge < -0.3 is 4.90 Å². The van der Waals surface area contributed by atoms with E-state index in [1.165, 1.54) is 0 Å². The molecule has 0 saturated carbocycles. The number of likely N-dealkylation sites (tertiary alicyclic amines) is 1. The number of rotatable bonds is 3. The molecule has 5 nitrogen and oxygen atoms in total. The number of carbonyl (C=O) groups is 1. The summed E-state index contributed by atoms with van der Waals surface area (Å²) in [7, 11) is 0. The Kier molecular flexibility index (Phi) is 5.03. The van der Waals surface area contributed by atoms with Crippen molar-refractivity contribution in [2.24, 2.45) is 5.92 Å². The zero-order chi connectivity index (χ0) is 19.5. The SMILES string of the molecule is C[C@@H]1C[C@@H](c2ccc3cccc(C#N)c3n2)CN(C(=O)Cc2cccnc2)C1. The van der Waals surface area contributed by atoms with E-state index >= 15 is 0 Å². The molecule has 1 aliphatic rings. The highest BCUT2D eigenvalue weighted by atomic mass is 16.2. The predicted octanol–water partition coefficient (Wildman–Crippen LogP) is 3.70. The number of para-hydroxylation sites is 1. The fourth-order valence-electron chi connectivity index (χ4n) is 4.04. The second-order valence-corrected chi connectivity index (χ2v) is 7.60. The predicted molar refractivity (Wildman–Crippen MR) is 108 cm³/mol. The first-order valence-corrected chi connectivity index (χ1v) is 9.60. The Balaban J connectivity index is 1.57. The van der Waals surface area contributed by atoms with Gasteiger partial charge in [0.25, 0.3) is 0 Å². The van der Waals surface area contributed by atoms with Gasteiger partial charge in [0.2, 0.25) is 5.91 Å². The highest BCUT2D eigenvalue weighted by Gasteiger charge is 2.29. The Hall–Kier alpha value is -3.26. The number of amides is 1. The number of aromatic nitrogens is 2. The Morgan fingerprint density at radius 3 is 2.89 bits per heavy atom. The number of fused-ring (bicyclic) bond motifs is 1. The van der Waals surface area contributed by atoms with Crippen molar-refractivity contribution in [1.82, 2.24) is 14.9 Å². The molecule has 2 aromatic heterocycles. The maximum Gasteiger partial charge on any atom is 0.227 e. The first-order chi connectivity index (χ1) is 13.6. The van der Waals surface area contributed by atoms with E-state index in [-0.39, 0.29) is 11.8 Å². The molecule has 0 spiro atoms. The first-order valence-electron chi connectivity index (χ1n) is 9.60. The lowest BCUT2D eigenvalue weighted by molar-refractivity contribution is -0.132. The molecule has 28 heavy (non-hydrogen) atoms. The van der Waals surface area contributed by atoms with Crippen LogP contribution in [-0.2, 0) is 11.2 Å². The minimum atomic E-state index is 0.128. The molecule has 2 atom stereocenters. The van der Waals surface area contributed by atoms with E-state index in [0.29, 0.717) is 24.4 Å². The minimum absolute atomic E-state index is 0.128. The molecule has 140 valence electrons. The van der Waals surface area contributed by atoms with Crippen LogP contribution in [0.1, 0.15) is 36.1 Å². The smallest absolute Gasteiger partial charge is 0.227 e. The molecule has 0 aliphatic carbocycles. The highest BCUT2D eigenvalue weighted by Crippen LogP contribution is 2.31. The van der Waals surface area contributed by atoms with E-state index in [2.05, 4.69) is 18.0 Å². The monoisotopic (exact) mass is 370 g/mol. The second-order valence-electron chi connectivity index (χ2n) is 7.60. The zero-order valence-electron chi connectivity index (χ0n) is 15.9. The third-order valence-electron chi connectivity index (χ3n) is 5.37. The third-order valence-corrected chi connectivity index (χ3v) is 5.37. The molecule has 1 amide bonds. The molecule has 5 heteroatoms. The average Bonchev–Trinajstić information content (AvgIpc) is 2.73. The Bertz CT molecular complexity index is 1040. The number of pyridine rings is 2. The number of nitrogens with zero attached hydrogens (tertiary/aromatic N) is 4. The van der Waals surface area contributed by atoms with Crippen LogP contribution < -0.4 is 0 Å². The summed E-state index contributed by atoms with van der Waals surface area (Å²) in [5.74, 6) is 0.709. The summed E-state index contributed by atoms with van der Waals surface area (Å²) < 4.78 is 0. The van der Waals surface area contributed by atoms with Crippen LogP contribution in [0.15, 0.2) is 54.9 Å². The third kappa shape index (κ3) is 3.72. The van der Waals surface area contributed by atoms with Gasteiger partial charge >= 0.3 is 0 Å². The van der Waals surface area contributed by atoms with Crippen molar-refractivity contribution in [2.45, 2.75) is 25.7 Å². The highest BCUT2D eigenvalue weighted by molar-refractivity contribution is 5.84. The van der Waals surface area contributed by atoms with Gasteiger partial charge in [-0.1, -0.05) is 31.2 Å². The van der Waals surface area contributed by atoms with Crippen molar-refractivity contribution in [1.29, 1.82) is 5.26 Å². The van der Waals surface area contributed by atoms with Crippen LogP contribution >= 0.6 is 0 Å². The molecule has 1 aromatic carbocycles. The molecular weight excluding hydrogens is 348 g/mol. The van der Waals surface area contributed by atoms with Crippen molar-refractivity contribution in [3.8, 4) is 6.07 Å². The van der Waals surface area contributed by atoms with Gasteiger partial charge in [0, 0.05) is 42.5 Å². The van der Waals surface area contributed by atoms with Gasteiger partial charge in [-0.05, 0) is 36.1 Å². The Labute approximate surface area is 164 Å². The summed E-state index contributed by atoms with van der Waals surface area (Å²) >= 11 is 0. The topological polar surface area (TPSA) is 69.9 Å². The van der Waals surface area contributed by atoms with E-state index in [4.69, 9.17) is 4.98 Å². The lowest BCUT2D eigenvalue weighted by Gasteiger charge is -2.36. The maximum absolute atomic E-state index is 12.8. The summed E-state index contributed by atoms with van der Waals surface area (Å²) in [6.07, 6.45) is 4.83. The molecule has 0 bridgehead atoms. The minimum Gasteiger partial charge on any atom is -0.341 e. The van der Waals surface area contributed by atoms with E-state index in [0.717, 1.165) is 35.1 Å². The number of benzene rings is 1. The van der Waals surface area contributed by atoms with Crippen molar-refractivity contribution in [2.75, 3.05) is 13.1 Å². The van der Waals surface area contributed by atoms with Crippen LogP contribution in [0, 0.1) is 17.2 Å². The lowest BCUT2D eigenvalue weighted by atomic mass is 9.87. The van der Waals surface area contributed by atoms with Crippen LogP contribution in [0.2, 0.25) is 0 Å². The number of piperidine rings is 1. The molecule has 3 aromatic rings. The zero-order valence-corrected chi connectivity index (χ0v) is 15.9. The summed E-state index contributed by atoms with van der Waals surface area (Å²) in [4.78, 5) is 23.7. The standard InChI is InChI=1S/C23H22N4O/c1-16-10-20(15-27(14-16)22(28)11-17-4-3-9-25-13-17)21-8-7-18-5-2-6-19(12-24)23(18)26-21/h2-9,13,16,20H,10-11,14-15H2,1H3/t16-,20-/m1/s1. The molecule has 0 radical (unpaired) electrons. The molecule has 0 N–H and O–H groups in total. The van der Waals surface area contributed by atoms with Gasteiger partial charge in [-0.25, -0.2) is 0 Å². The van der Waals surface area contributed by atoms with Crippen LogP contribution in [-0.4, -0.2) is 33.9 Å². The molecule has 1 fully saturated rings. The van der Waals surface area contributed by atoms with Crippen molar-refractivity contribution >= 4 is 16.8 Å². The normalized spacial score (nSPS) is 19.4. The van der Waals surface area contributed by atoms with E-state index in [1.807, 2.05) is 41.3 Å². The van der Waals surface area contributed by atoms with Crippen molar-refractivity contribution < 1.29 is 4.79 Å². The average molecular weight is 370 g/mol. The Morgan fingerprint density at radius 1 is 1.21 bits per heavy atom. The van der Waals surface area contributed by atoms with Gasteiger partial charge in [0.15, 0.2) is 0 Å². The van der Waals surface area contributed by atoms with E-state index in [9.17, 15) is 10.1 Å². The van der Waals surface area contributed by atoms with Gasteiger partial charge in [-0.2, -0.15) is 5.26 Å². The molecule has 4 rings (SSSR count). The molecule has 1 saturated heterocycles. The molecule has 3 heterocycles. The number of carbonyl (C=O) groups excluding carboxylic acids is 1. The van der Waals surface area contributed by atoms with Crippen molar-refractivity contribution in [3.63, 3.8) is 0 Å². The Morgan fingerprint density at radius 2 is 2.11 bits per heavy atom. The van der Waals surface area contributed by atoms with Crippen LogP contribution in [0.5, 0.6) is 0 Å². The maximum atomic E-state index is 12.8. The molecule has 1 aliphatic heterocycles. The largest absolute Gasteiger partial charge is 0.341 e. The summed E-state index contributed by atoms with van der Waals surface area (Å²) in [6.45, 7) is 3.61. The van der Waals surface area contributed by atoms with Gasteiger partial charge in [0.1, 0.15) is 6.07 Å². The summed E-state index contributed by atoms with van der Waals surface area (Å²) in [6, 6.07) is 15.7. The van der Waals surface area contributed by atoms with Gasteiger partial charge in [-0.15, -0.1) is 0 Å². The number of nitriles is 1.